The third-order valence-corrected chi connectivity index (χ3v) is 3.79. The van der Waals surface area contributed by atoms with E-state index in [0.29, 0.717) is 26.1 Å². The van der Waals surface area contributed by atoms with Crippen molar-refractivity contribution in [1.29, 1.82) is 0 Å². The van der Waals surface area contributed by atoms with Crippen LogP contribution >= 0.6 is 0 Å². The van der Waals surface area contributed by atoms with Gasteiger partial charge in [0, 0.05) is 17.9 Å². The lowest BCUT2D eigenvalue weighted by Gasteiger charge is -2.34. The number of benzene rings is 1. The quantitative estimate of drug-likeness (QED) is 0.785. The van der Waals surface area contributed by atoms with Crippen LogP contribution in [-0.4, -0.2) is 24.8 Å². The highest BCUT2D eigenvalue weighted by Crippen LogP contribution is 2.40. The van der Waals surface area contributed by atoms with E-state index in [2.05, 4.69) is 0 Å². The van der Waals surface area contributed by atoms with Gasteiger partial charge in [-0.25, -0.2) is 8.78 Å². The number of ether oxygens (including phenoxy) is 2. The van der Waals surface area contributed by atoms with E-state index in [4.69, 9.17) is 9.47 Å². The van der Waals surface area contributed by atoms with E-state index in [9.17, 15) is 13.6 Å². The molecule has 1 saturated carbocycles. The van der Waals surface area contributed by atoms with Gasteiger partial charge in [-0.05, 0) is 24.6 Å². The standard InChI is InChI=1S/C14H14F2O3/c15-9-1-2-12(16)11(7-9)10-3-4-14(8-13(10)17)18-5-6-19-14/h1-2,7,10H,3-6,8H2/t10-/m1/s1. The molecule has 1 heterocycles. The summed E-state index contributed by atoms with van der Waals surface area (Å²) in [4.78, 5) is 12.2. The maximum absolute atomic E-state index is 13.7. The zero-order valence-electron chi connectivity index (χ0n) is 10.3. The van der Waals surface area contributed by atoms with Gasteiger partial charge in [0.15, 0.2) is 5.79 Å². The van der Waals surface area contributed by atoms with Gasteiger partial charge in [-0.15, -0.1) is 0 Å². The molecule has 3 nitrogen and oxygen atoms in total. The molecule has 2 aliphatic rings. The monoisotopic (exact) mass is 268 g/mol. The van der Waals surface area contributed by atoms with Gasteiger partial charge in [-0.1, -0.05) is 0 Å². The molecule has 1 aromatic carbocycles. The highest BCUT2D eigenvalue weighted by Gasteiger charge is 2.45. The zero-order chi connectivity index (χ0) is 13.5. The Morgan fingerprint density at radius 3 is 2.63 bits per heavy atom. The number of halogens is 2. The van der Waals surface area contributed by atoms with Gasteiger partial charge in [0.05, 0.1) is 19.6 Å². The first-order valence-corrected chi connectivity index (χ1v) is 6.35. The van der Waals surface area contributed by atoms with Crippen LogP contribution in [0.1, 0.15) is 30.7 Å². The lowest BCUT2D eigenvalue weighted by atomic mass is 9.79. The fourth-order valence-electron chi connectivity index (χ4n) is 2.86. The average molecular weight is 268 g/mol. The molecule has 0 bridgehead atoms. The Morgan fingerprint density at radius 1 is 1.21 bits per heavy atom. The van der Waals surface area contributed by atoms with Gasteiger partial charge in [-0.3, -0.25) is 4.79 Å². The van der Waals surface area contributed by atoms with E-state index in [1.54, 1.807) is 0 Å². The zero-order valence-corrected chi connectivity index (χ0v) is 10.3. The molecule has 0 aromatic heterocycles. The van der Waals surface area contributed by atoms with Crippen molar-refractivity contribution in [2.75, 3.05) is 13.2 Å². The van der Waals surface area contributed by atoms with E-state index in [1.807, 2.05) is 0 Å². The second kappa shape index (κ2) is 4.65. The molecule has 1 saturated heterocycles. The number of Topliss-reactive ketones (excluding diaryl/α,β-unsaturated/α-hetero) is 1. The average Bonchev–Trinajstić information content (AvgIpc) is 2.81. The summed E-state index contributed by atoms with van der Waals surface area (Å²) in [7, 11) is 0. The van der Waals surface area contributed by atoms with Crippen LogP contribution in [0.15, 0.2) is 18.2 Å². The van der Waals surface area contributed by atoms with Crippen LogP contribution in [0.4, 0.5) is 8.78 Å². The molecule has 1 spiro atoms. The first-order valence-electron chi connectivity index (χ1n) is 6.35. The van der Waals surface area contributed by atoms with Gasteiger partial charge in [0.2, 0.25) is 0 Å². The molecular formula is C14H14F2O3. The molecule has 1 aromatic rings. The predicted molar refractivity (Wildman–Crippen MR) is 62.6 cm³/mol. The molecule has 1 atom stereocenters. The maximum atomic E-state index is 13.7. The second-order valence-corrected chi connectivity index (χ2v) is 5.01. The van der Waals surface area contributed by atoms with Crippen molar-refractivity contribution < 1.29 is 23.0 Å². The molecule has 2 fully saturated rings. The first-order chi connectivity index (χ1) is 9.10. The Labute approximate surface area is 109 Å². The fraction of sp³-hybridized carbons (Fsp3) is 0.500. The third-order valence-electron chi connectivity index (χ3n) is 3.79. The van der Waals surface area contributed by atoms with E-state index in [1.165, 1.54) is 0 Å². The van der Waals surface area contributed by atoms with Crippen LogP contribution in [0.3, 0.4) is 0 Å². The number of hydrogen-bond donors (Lipinski definition) is 0. The molecule has 19 heavy (non-hydrogen) atoms. The van der Waals surface area contributed by atoms with Crippen molar-refractivity contribution in [3.63, 3.8) is 0 Å². The van der Waals surface area contributed by atoms with Crippen molar-refractivity contribution in [1.82, 2.24) is 0 Å². The van der Waals surface area contributed by atoms with Crippen molar-refractivity contribution in [2.45, 2.75) is 31.0 Å². The number of hydrogen-bond acceptors (Lipinski definition) is 3. The van der Waals surface area contributed by atoms with Gasteiger partial charge in [0.1, 0.15) is 17.4 Å². The van der Waals surface area contributed by atoms with Gasteiger partial charge >= 0.3 is 0 Å². The van der Waals surface area contributed by atoms with E-state index >= 15 is 0 Å². The minimum absolute atomic E-state index is 0.105. The Bertz CT molecular complexity index is 509. The summed E-state index contributed by atoms with van der Waals surface area (Å²) in [5, 5.41) is 0. The van der Waals surface area contributed by atoms with Crippen LogP contribution in [-0.2, 0) is 14.3 Å². The summed E-state index contributed by atoms with van der Waals surface area (Å²) in [6.07, 6.45) is 1.05. The Balaban J connectivity index is 1.84. The highest BCUT2D eigenvalue weighted by molar-refractivity contribution is 5.87. The molecule has 0 unspecified atom stereocenters. The van der Waals surface area contributed by atoms with E-state index in [-0.39, 0.29) is 17.8 Å². The van der Waals surface area contributed by atoms with E-state index in [0.717, 1.165) is 18.2 Å². The van der Waals surface area contributed by atoms with E-state index < -0.39 is 23.3 Å². The highest BCUT2D eigenvalue weighted by atomic mass is 19.1. The number of ketones is 1. The number of carbonyl (C=O) groups excluding carboxylic acids is 1. The summed E-state index contributed by atoms with van der Waals surface area (Å²) in [6.45, 7) is 0.957. The summed E-state index contributed by atoms with van der Waals surface area (Å²) in [5.41, 5.74) is 0.137. The van der Waals surface area contributed by atoms with Crippen LogP contribution in [0, 0.1) is 11.6 Å². The first kappa shape index (κ1) is 12.7. The van der Waals surface area contributed by atoms with Gasteiger partial charge in [-0.2, -0.15) is 0 Å². The van der Waals surface area contributed by atoms with Crippen molar-refractivity contribution in [3.05, 3.63) is 35.4 Å². The molecular weight excluding hydrogens is 254 g/mol. The Kier molecular flexibility index (Phi) is 3.11. The van der Waals surface area contributed by atoms with Crippen LogP contribution in [0.25, 0.3) is 0 Å². The molecule has 0 amide bonds. The topological polar surface area (TPSA) is 35.5 Å². The lowest BCUT2D eigenvalue weighted by Crippen LogP contribution is -2.40. The molecule has 5 heteroatoms. The second-order valence-electron chi connectivity index (χ2n) is 5.01. The number of rotatable bonds is 1. The van der Waals surface area contributed by atoms with Gasteiger partial charge in [0.25, 0.3) is 0 Å². The number of carbonyl (C=O) groups is 1. The smallest absolute Gasteiger partial charge is 0.175 e. The summed E-state index contributed by atoms with van der Waals surface area (Å²) in [5.74, 6) is -2.65. The molecule has 0 radical (unpaired) electrons. The molecule has 3 rings (SSSR count). The molecule has 1 aliphatic heterocycles. The minimum Gasteiger partial charge on any atom is -0.347 e. The van der Waals surface area contributed by atoms with Crippen LogP contribution < -0.4 is 0 Å². The molecule has 102 valence electrons. The summed E-state index contributed by atoms with van der Waals surface area (Å²) in [6, 6.07) is 3.22. The predicted octanol–water partition coefficient (Wildman–Crippen LogP) is 2.54. The van der Waals surface area contributed by atoms with Gasteiger partial charge < -0.3 is 9.47 Å². The molecule has 0 N–H and O–H groups in total. The third kappa shape index (κ3) is 2.28. The lowest BCUT2D eigenvalue weighted by molar-refractivity contribution is -0.182. The minimum atomic E-state index is -0.822. The fourth-order valence-corrected chi connectivity index (χ4v) is 2.86. The normalized spacial score (nSPS) is 26.0. The molecule has 1 aliphatic carbocycles. The Hall–Kier alpha value is -1.33. The van der Waals surface area contributed by atoms with Crippen molar-refractivity contribution >= 4 is 5.78 Å². The largest absolute Gasteiger partial charge is 0.347 e. The van der Waals surface area contributed by atoms with Crippen molar-refractivity contribution in [2.24, 2.45) is 0 Å². The van der Waals surface area contributed by atoms with Crippen LogP contribution in [0.5, 0.6) is 0 Å². The van der Waals surface area contributed by atoms with Crippen LogP contribution in [0.2, 0.25) is 0 Å². The summed E-state index contributed by atoms with van der Waals surface area (Å²) >= 11 is 0. The van der Waals surface area contributed by atoms with Crippen molar-refractivity contribution in [3.8, 4) is 0 Å². The summed E-state index contributed by atoms with van der Waals surface area (Å²) < 4.78 is 37.9. The Morgan fingerprint density at radius 2 is 1.95 bits per heavy atom. The maximum Gasteiger partial charge on any atom is 0.175 e. The SMILES string of the molecule is O=C1CC2(CC[C@@H]1c1cc(F)ccc1F)OCCO2.